The molecular weight excluding hydrogens is 332 g/mol. The molecule has 0 radical (unpaired) electrons. The zero-order valence-electron chi connectivity index (χ0n) is 14.7. The first-order chi connectivity index (χ1) is 12.5. The Kier molecular flexibility index (Phi) is 3.80. The second-order valence-electron chi connectivity index (χ2n) is 6.90. The third-order valence-electron chi connectivity index (χ3n) is 5.46. The van der Waals surface area contributed by atoms with Crippen LogP contribution in [-0.2, 0) is 6.54 Å². The lowest BCUT2D eigenvalue weighted by atomic mass is 9.90. The number of rotatable bonds is 3. The smallest absolute Gasteiger partial charge is 0.278 e. The van der Waals surface area contributed by atoms with Crippen LogP contribution in [0.3, 0.4) is 0 Å². The number of nitrogens with two attached hydrogens (primary N) is 1. The predicted molar refractivity (Wildman–Crippen MR) is 100 cm³/mol. The molecule has 2 aliphatic rings. The molecule has 2 aromatic rings. The van der Waals surface area contributed by atoms with E-state index in [4.69, 9.17) is 10.7 Å². The number of fused-ring (bicyclic) bond motifs is 2. The van der Waals surface area contributed by atoms with Gasteiger partial charge in [-0.1, -0.05) is 19.1 Å². The molecule has 0 bridgehead atoms. The minimum Gasteiger partial charge on any atom is -0.388 e. The van der Waals surface area contributed by atoms with Gasteiger partial charge in [-0.15, -0.1) is 6.58 Å². The fourth-order valence-corrected chi connectivity index (χ4v) is 4.01. The molecule has 3 N–H and O–H groups in total. The molecule has 26 heavy (non-hydrogen) atoms. The van der Waals surface area contributed by atoms with Crippen LogP contribution in [0.1, 0.15) is 26.2 Å². The lowest BCUT2D eigenvalue weighted by Crippen LogP contribution is -2.41. The summed E-state index contributed by atoms with van der Waals surface area (Å²) in [5.41, 5.74) is 5.10. The number of anilines is 1. The first-order valence-electron chi connectivity index (χ1n) is 8.82. The lowest BCUT2D eigenvalue weighted by Gasteiger charge is -2.30. The van der Waals surface area contributed by atoms with Gasteiger partial charge in [0.25, 0.3) is 5.56 Å². The van der Waals surface area contributed by atoms with Gasteiger partial charge in [0, 0.05) is 12.1 Å². The van der Waals surface area contributed by atoms with Crippen LogP contribution in [-0.4, -0.2) is 41.9 Å². The van der Waals surface area contributed by atoms with Gasteiger partial charge in [0.05, 0.1) is 18.2 Å². The fraction of sp³-hybridized carbons (Fsp3) is 0.444. The molecule has 8 heteroatoms. The molecule has 1 saturated carbocycles. The van der Waals surface area contributed by atoms with Crippen LogP contribution in [0.2, 0.25) is 0 Å². The maximum atomic E-state index is 12.7. The third-order valence-corrected chi connectivity index (χ3v) is 5.46. The zero-order valence-corrected chi connectivity index (χ0v) is 14.7. The highest BCUT2D eigenvalue weighted by molar-refractivity contribution is 6.00. The number of nitrogen functional groups attached to an aromatic ring is 1. The summed E-state index contributed by atoms with van der Waals surface area (Å²) in [5.74, 6) is 0.864. The van der Waals surface area contributed by atoms with E-state index < -0.39 is 5.60 Å². The van der Waals surface area contributed by atoms with E-state index in [0.717, 1.165) is 12.8 Å². The molecule has 1 aliphatic carbocycles. The summed E-state index contributed by atoms with van der Waals surface area (Å²) >= 11 is 0. The van der Waals surface area contributed by atoms with Gasteiger partial charge in [-0.3, -0.25) is 9.79 Å². The van der Waals surface area contributed by atoms with Gasteiger partial charge in [0.2, 0.25) is 5.95 Å². The zero-order chi connectivity index (χ0) is 18.5. The van der Waals surface area contributed by atoms with Crippen molar-refractivity contribution in [3.8, 4) is 0 Å². The van der Waals surface area contributed by atoms with Crippen LogP contribution in [0.5, 0.6) is 0 Å². The van der Waals surface area contributed by atoms with Crippen LogP contribution < -0.4 is 11.3 Å². The number of aliphatic hydroxyl groups is 1. The van der Waals surface area contributed by atoms with Crippen molar-refractivity contribution in [2.45, 2.75) is 44.4 Å². The SMILES string of the molecule is C=CCn1c(=O)c2cnc(N)nc2n1C1=NC2C(C=C1)CC[C@]2(O)CC. The molecule has 2 unspecified atom stereocenters. The van der Waals surface area contributed by atoms with E-state index >= 15 is 0 Å². The van der Waals surface area contributed by atoms with Crippen molar-refractivity contribution < 1.29 is 5.11 Å². The van der Waals surface area contributed by atoms with E-state index in [1.165, 1.54) is 10.9 Å². The second kappa shape index (κ2) is 5.91. The molecule has 4 rings (SSSR count). The van der Waals surface area contributed by atoms with Crippen LogP contribution in [0.15, 0.2) is 40.8 Å². The Balaban J connectivity index is 1.94. The van der Waals surface area contributed by atoms with Crippen LogP contribution >= 0.6 is 0 Å². The van der Waals surface area contributed by atoms with Gasteiger partial charge >= 0.3 is 0 Å². The van der Waals surface area contributed by atoms with Crippen LogP contribution in [0, 0.1) is 5.92 Å². The molecule has 3 heterocycles. The highest BCUT2D eigenvalue weighted by Crippen LogP contribution is 2.41. The molecule has 3 atom stereocenters. The largest absolute Gasteiger partial charge is 0.388 e. The standard InChI is InChI=1S/C18H22N6O2/c1-3-9-23-16(25)12-10-20-17(19)22-15(12)24(23)13-6-5-11-7-8-18(26,4-2)14(11)21-13/h3,5-6,10-11,14,26H,1,4,7-9H2,2H3,(H2,19,20,22)/t11?,14?,18-/m1/s1. The number of aliphatic imine (C=N–C) groups is 1. The topological polar surface area (TPSA) is 111 Å². The molecule has 1 fully saturated rings. The molecule has 136 valence electrons. The average molecular weight is 354 g/mol. The average Bonchev–Trinajstić information content (AvgIpc) is 3.11. The van der Waals surface area contributed by atoms with Gasteiger partial charge in [0.15, 0.2) is 5.65 Å². The maximum absolute atomic E-state index is 12.7. The first kappa shape index (κ1) is 16.7. The summed E-state index contributed by atoms with van der Waals surface area (Å²) in [6.07, 6.45) is 9.30. The van der Waals surface area contributed by atoms with Crippen LogP contribution in [0.25, 0.3) is 11.0 Å². The van der Waals surface area contributed by atoms with E-state index in [2.05, 4.69) is 22.6 Å². The Hall–Kier alpha value is -2.74. The minimum absolute atomic E-state index is 0.0891. The summed E-state index contributed by atoms with van der Waals surface area (Å²) in [6, 6.07) is -0.226. The Morgan fingerprint density at radius 2 is 2.35 bits per heavy atom. The predicted octanol–water partition coefficient (Wildman–Crippen LogP) is 1.10. The first-order valence-corrected chi connectivity index (χ1v) is 8.82. The van der Waals surface area contributed by atoms with E-state index in [1.807, 2.05) is 13.0 Å². The van der Waals surface area contributed by atoms with Crippen molar-refractivity contribution in [1.29, 1.82) is 0 Å². The lowest BCUT2D eigenvalue weighted by molar-refractivity contribution is 0.0251. The molecule has 0 aromatic carbocycles. The number of allylic oxidation sites excluding steroid dienone is 2. The Bertz CT molecular complexity index is 1000. The van der Waals surface area contributed by atoms with Crippen molar-refractivity contribution >= 4 is 22.8 Å². The summed E-state index contributed by atoms with van der Waals surface area (Å²) in [4.78, 5) is 25.8. The quantitative estimate of drug-likeness (QED) is 0.802. The van der Waals surface area contributed by atoms with E-state index in [-0.39, 0.29) is 23.5 Å². The van der Waals surface area contributed by atoms with Gasteiger partial charge in [-0.25, -0.2) is 14.3 Å². The van der Waals surface area contributed by atoms with Crippen molar-refractivity contribution in [2.24, 2.45) is 10.9 Å². The summed E-state index contributed by atoms with van der Waals surface area (Å²) in [6.45, 7) is 6.00. The summed E-state index contributed by atoms with van der Waals surface area (Å²) < 4.78 is 3.16. The van der Waals surface area contributed by atoms with E-state index in [1.54, 1.807) is 10.8 Å². The molecule has 2 aromatic heterocycles. The monoisotopic (exact) mass is 354 g/mol. The van der Waals surface area contributed by atoms with E-state index in [9.17, 15) is 9.90 Å². The number of hydrogen-bond acceptors (Lipinski definition) is 6. The Morgan fingerprint density at radius 3 is 3.08 bits per heavy atom. The normalized spacial score (nSPS) is 27.5. The maximum Gasteiger partial charge on any atom is 0.278 e. The van der Waals surface area contributed by atoms with Crippen molar-refractivity contribution in [1.82, 2.24) is 19.3 Å². The van der Waals surface area contributed by atoms with Gasteiger partial charge in [-0.05, 0) is 25.3 Å². The highest BCUT2D eigenvalue weighted by atomic mass is 16.3. The second-order valence-corrected chi connectivity index (χ2v) is 6.90. The molecule has 8 nitrogen and oxygen atoms in total. The number of dihydropyridines is 1. The Labute approximate surface area is 150 Å². The fourth-order valence-electron chi connectivity index (χ4n) is 4.01. The van der Waals surface area contributed by atoms with Gasteiger partial charge in [0.1, 0.15) is 11.2 Å². The third kappa shape index (κ3) is 2.33. The Morgan fingerprint density at radius 1 is 1.54 bits per heavy atom. The van der Waals surface area contributed by atoms with Crippen molar-refractivity contribution in [3.63, 3.8) is 0 Å². The number of hydrogen-bond donors (Lipinski definition) is 2. The molecule has 0 spiro atoms. The highest BCUT2D eigenvalue weighted by Gasteiger charge is 2.46. The number of aromatic nitrogens is 4. The number of nitrogens with zero attached hydrogens (tertiary/aromatic N) is 5. The molecule has 0 saturated heterocycles. The van der Waals surface area contributed by atoms with E-state index in [0.29, 0.717) is 29.8 Å². The van der Waals surface area contributed by atoms with Gasteiger partial charge in [-0.2, -0.15) is 4.98 Å². The van der Waals surface area contributed by atoms with Gasteiger partial charge < -0.3 is 10.8 Å². The summed E-state index contributed by atoms with van der Waals surface area (Å²) in [7, 11) is 0. The minimum atomic E-state index is -0.818. The van der Waals surface area contributed by atoms with Crippen LogP contribution in [0.4, 0.5) is 5.95 Å². The van der Waals surface area contributed by atoms with Crippen molar-refractivity contribution in [3.05, 3.63) is 41.4 Å². The van der Waals surface area contributed by atoms with Crippen molar-refractivity contribution in [2.75, 3.05) is 5.73 Å². The molecule has 1 aliphatic heterocycles. The molecular formula is C18H22N6O2. The molecule has 0 amide bonds. The summed E-state index contributed by atoms with van der Waals surface area (Å²) in [5, 5.41) is 11.3.